The van der Waals surface area contributed by atoms with Gasteiger partial charge in [-0.1, -0.05) is 6.08 Å². The minimum absolute atomic E-state index is 0.202. The fourth-order valence-electron chi connectivity index (χ4n) is 1.68. The number of hydrogen-bond donors (Lipinski definition) is 2. The predicted octanol–water partition coefficient (Wildman–Crippen LogP) is 1.91. The molecule has 0 aromatic carbocycles. The molecule has 0 bridgehead atoms. The van der Waals surface area contributed by atoms with Crippen LogP contribution in [0.3, 0.4) is 0 Å². The van der Waals surface area contributed by atoms with Gasteiger partial charge in [-0.15, -0.1) is 0 Å². The molecule has 1 fully saturated rings. The molecule has 2 nitrogen and oxygen atoms in total. The van der Waals surface area contributed by atoms with Crippen LogP contribution in [0.5, 0.6) is 0 Å². The molecule has 1 atom stereocenters. The van der Waals surface area contributed by atoms with Crippen molar-refractivity contribution in [2.24, 2.45) is 4.99 Å². The molecule has 2 rings (SSSR count). The van der Waals surface area contributed by atoms with E-state index in [1.807, 2.05) is 12.4 Å². The summed E-state index contributed by atoms with van der Waals surface area (Å²) < 4.78 is -0.202. The Balaban J connectivity index is 2.34. The van der Waals surface area contributed by atoms with Crippen molar-refractivity contribution in [3.05, 3.63) is 23.5 Å². The molecular formula is C10H14N2S. The second-order valence-corrected chi connectivity index (χ2v) is 4.71. The first-order valence-corrected chi connectivity index (χ1v) is 5.05. The standard InChI is InChI=1S/C10H14N2S/c1-10(13)5-8-3-2-4-12-9(8)6-11-7-10/h5-7,12-13H,2-4H2,1H3. The van der Waals surface area contributed by atoms with Crippen molar-refractivity contribution >= 4 is 18.8 Å². The first-order chi connectivity index (χ1) is 6.17. The van der Waals surface area contributed by atoms with Gasteiger partial charge in [-0.2, -0.15) is 12.6 Å². The second-order valence-electron chi connectivity index (χ2n) is 3.75. The van der Waals surface area contributed by atoms with Gasteiger partial charge in [-0.05, 0) is 25.3 Å². The highest BCUT2D eigenvalue weighted by molar-refractivity contribution is 7.82. The van der Waals surface area contributed by atoms with Crippen LogP contribution < -0.4 is 5.32 Å². The third-order valence-electron chi connectivity index (χ3n) is 2.29. The molecule has 1 unspecified atom stereocenters. The Morgan fingerprint density at radius 2 is 2.46 bits per heavy atom. The van der Waals surface area contributed by atoms with E-state index < -0.39 is 0 Å². The number of fused-ring (bicyclic) bond motifs is 1. The number of allylic oxidation sites excluding steroid dienone is 1. The fourth-order valence-corrected chi connectivity index (χ4v) is 1.90. The van der Waals surface area contributed by atoms with Crippen LogP contribution in [0.4, 0.5) is 0 Å². The monoisotopic (exact) mass is 194 g/mol. The molecule has 3 heteroatoms. The normalized spacial score (nSPS) is 32.5. The Hall–Kier alpha value is -0.700. The highest BCUT2D eigenvalue weighted by Gasteiger charge is 2.20. The largest absolute Gasteiger partial charge is 0.384 e. The van der Waals surface area contributed by atoms with E-state index in [0.717, 1.165) is 13.0 Å². The Labute approximate surface area is 84.2 Å². The summed E-state index contributed by atoms with van der Waals surface area (Å²) in [4.78, 5) is 4.23. The molecule has 70 valence electrons. The molecule has 0 saturated carbocycles. The van der Waals surface area contributed by atoms with Gasteiger partial charge in [-0.3, -0.25) is 4.99 Å². The van der Waals surface area contributed by atoms with Crippen molar-refractivity contribution < 1.29 is 0 Å². The van der Waals surface area contributed by atoms with Gasteiger partial charge in [0.25, 0.3) is 0 Å². The van der Waals surface area contributed by atoms with Crippen molar-refractivity contribution in [2.45, 2.75) is 24.5 Å². The summed E-state index contributed by atoms with van der Waals surface area (Å²) in [6.07, 6.45) is 8.29. The summed E-state index contributed by atoms with van der Waals surface area (Å²) in [6, 6.07) is 0. The summed E-state index contributed by atoms with van der Waals surface area (Å²) in [7, 11) is 0. The fraction of sp³-hybridized carbons (Fsp3) is 0.500. The number of aliphatic imine (C=N–C) groups is 1. The molecule has 0 amide bonds. The summed E-state index contributed by atoms with van der Waals surface area (Å²) >= 11 is 4.52. The zero-order chi connectivity index (χ0) is 9.31. The minimum Gasteiger partial charge on any atom is -0.384 e. The van der Waals surface area contributed by atoms with E-state index in [2.05, 4.69) is 35.9 Å². The average molecular weight is 194 g/mol. The number of piperidine rings is 1. The number of rotatable bonds is 0. The van der Waals surface area contributed by atoms with E-state index in [1.54, 1.807) is 0 Å². The van der Waals surface area contributed by atoms with Crippen LogP contribution in [0.25, 0.3) is 0 Å². The van der Waals surface area contributed by atoms with Crippen molar-refractivity contribution in [3.8, 4) is 0 Å². The van der Waals surface area contributed by atoms with E-state index in [9.17, 15) is 0 Å². The highest BCUT2D eigenvalue weighted by atomic mass is 32.1. The molecule has 0 spiro atoms. The van der Waals surface area contributed by atoms with E-state index in [1.165, 1.54) is 17.7 Å². The van der Waals surface area contributed by atoms with E-state index >= 15 is 0 Å². The number of nitrogens with zero attached hydrogens (tertiary/aromatic N) is 1. The van der Waals surface area contributed by atoms with Gasteiger partial charge in [0.05, 0.1) is 10.4 Å². The number of thiol groups is 1. The van der Waals surface area contributed by atoms with Crippen molar-refractivity contribution in [1.82, 2.24) is 5.32 Å². The van der Waals surface area contributed by atoms with Crippen LogP contribution in [0, 0.1) is 0 Å². The van der Waals surface area contributed by atoms with Crippen molar-refractivity contribution in [1.29, 1.82) is 0 Å². The van der Waals surface area contributed by atoms with Gasteiger partial charge >= 0.3 is 0 Å². The lowest BCUT2D eigenvalue weighted by Gasteiger charge is -2.21. The van der Waals surface area contributed by atoms with Crippen LogP contribution in [0.15, 0.2) is 28.5 Å². The number of nitrogens with one attached hydrogen (secondary N) is 1. The summed E-state index contributed by atoms with van der Waals surface area (Å²) in [5.74, 6) is 0. The lowest BCUT2D eigenvalue weighted by atomic mass is 9.99. The van der Waals surface area contributed by atoms with Crippen molar-refractivity contribution in [2.75, 3.05) is 6.54 Å². The first-order valence-electron chi connectivity index (χ1n) is 4.60. The minimum atomic E-state index is -0.202. The molecule has 1 N–H and O–H groups in total. The molecule has 2 aliphatic rings. The van der Waals surface area contributed by atoms with Crippen molar-refractivity contribution in [3.63, 3.8) is 0 Å². The van der Waals surface area contributed by atoms with Crippen LogP contribution in [0.1, 0.15) is 19.8 Å². The molecule has 0 aliphatic carbocycles. The number of hydrogen-bond acceptors (Lipinski definition) is 3. The Morgan fingerprint density at radius 3 is 3.31 bits per heavy atom. The predicted molar refractivity (Wildman–Crippen MR) is 59.3 cm³/mol. The van der Waals surface area contributed by atoms with Gasteiger partial charge in [0.2, 0.25) is 0 Å². The lowest BCUT2D eigenvalue weighted by Crippen LogP contribution is -2.23. The van der Waals surface area contributed by atoms with Gasteiger partial charge < -0.3 is 5.32 Å². The summed E-state index contributed by atoms with van der Waals surface area (Å²) in [5.41, 5.74) is 2.52. The molecular weight excluding hydrogens is 180 g/mol. The zero-order valence-electron chi connectivity index (χ0n) is 7.75. The lowest BCUT2D eigenvalue weighted by molar-refractivity contribution is 0.665. The smallest absolute Gasteiger partial charge is 0.0638 e. The van der Waals surface area contributed by atoms with Gasteiger partial charge in [0, 0.05) is 19.0 Å². The van der Waals surface area contributed by atoms with Crippen LogP contribution >= 0.6 is 12.6 Å². The quantitative estimate of drug-likeness (QED) is 0.566. The molecule has 0 radical (unpaired) electrons. The maximum atomic E-state index is 4.52. The SMILES string of the molecule is CC1(S)C=NC=C2NCCCC2=C1. The van der Waals surface area contributed by atoms with E-state index in [-0.39, 0.29) is 4.75 Å². The Morgan fingerprint density at radius 1 is 1.62 bits per heavy atom. The third-order valence-corrected chi connectivity index (χ3v) is 2.53. The van der Waals surface area contributed by atoms with E-state index in [4.69, 9.17) is 0 Å². The summed E-state index contributed by atoms with van der Waals surface area (Å²) in [6.45, 7) is 3.11. The van der Waals surface area contributed by atoms with Gasteiger partial charge in [-0.25, -0.2) is 0 Å². The highest BCUT2D eigenvalue weighted by Crippen LogP contribution is 2.26. The molecule has 0 aromatic heterocycles. The maximum absolute atomic E-state index is 4.52. The van der Waals surface area contributed by atoms with Crippen LogP contribution in [-0.4, -0.2) is 17.5 Å². The topological polar surface area (TPSA) is 24.4 Å². The van der Waals surface area contributed by atoms with E-state index in [0.29, 0.717) is 0 Å². The third kappa shape index (κ3) is 1.97. The van der Waals surface area contributed by atoms with Crippen LogP contribution in [-0.2, 0) is 0 Å². The maximum Gasteiger partial charge on any atom is 0.0638 e. The van der Waals surface area contributed by atoms with Gasteiger partial charge in [0.15, 0.2) is 0 Å². The zero-order valence-corrected chi connectivity index (χ0v) is 8.64. The Kier molecular flexibility index (Phi) is 2.20. The average Bonchev–Trinajstić information content (AvgIpc) is 2.21. The first kappa shape index (κ1) is 8.88. The molecule has 2 heterocycles. The second kappa shape index (κ2) is 3.22. The molecule has 1 saturated heterocycles. The van der Waals surface area contributed by atoms with Gasteiger partial charge in [0.1, 0.15) is 0 Å². The Bertz CT molecular complexity index is 300. The molecule has 0 aromatic rings. The van der Waals surface area contributed by atoms with Crippen LogP contribution in [0.2, 0.25) is 0 Å². The molecule has 13 heavy (non-hydrogen) atoms. The summed E-state index contributed by atoms with van der Waals surface area (Å²) in [5, 5.41) is 3.34. The molecule has 2 aliphatic heterocycles.